The Morgan fingerprint density at radius 1 is 0.811 bits per heavy atom. The maximum absolute atomic E-state index is 10.1. The van der Waals surface area contributed by atoms with E-state index in [1.807, 2.05) is 36.4 Å². The summed E-state index contributed by atoms with van der Waals surface area (Å²) in [6.07, 6.45) is 1.87. The Hall–Kier alpha value is -3.49. The Kier molecular flexibility index (Phi) is 7.67. The molecule has 1 aliphatic rings. The molecule has 184 valence electrons. The van der Waals surface area contributed by atoms with Crippen LogP contribution in [0.4, 0.5) is 0 Å². The van der Waals surface area contributed by atoms with Crippen LogP contribution in [0.15, 0.2) is 132 Å². The van der Waals surface area contributed by atoms with Crippen molar-refractivity contribution in [3.8, 4) is 6.07 Å². The third kappa shape index (κ3) is 4.79. The summed E-state index contributed by atoms with van der Waals surface area (Å²) in [5.74, 6) is 0.0399. The van der Waals surface area contributed by atoms with E-state index < -0.39 is 5.60 Å². The van der Waals surface area contributed by atoms with Gasteiger partial charge >= 0.3 is 0 Å². The quantitative estimate of drug-likeness (QED) is 0.162. The first kappa shape index (κ1) is 25.2. The first-order valence-electron chi connectivity index (χ1n) is 12.5. The Bertz CT molecular complexity index is 1250. The number of benzene rings is 4. The van der Waals surface area contributed by atoms with E-state index in [9.17, 15) is 5.26 Å². The fourth-order valence-corrected chi connectivity index (χ4v) is 5.81. The van der Waals surface area contributed by atoms with Gasteiger partial charge in [-0.15, -0.1) is 6.58 Å². The molecule has 1 fully saturated rings. The second kappa shape index (κ2) is 11.3. The number of hydrogen-bond donors (Lipinski definition) is 0. The molecule has 0 saturated carbocycles. The highest BCUT2D eigenvalue weighted by Gasteiger charge is 2.50. The molecule has 37 heavy (non-hydrogen) atoms. The van der Waals surface area contributed by atoms with Crippen LogP contribution in [0.5, 0.6) is 0 Å². The molecular formula is C33H29BrN2O. The summed E-state index contributed by atoms with van der Waals surface area (Å²) in [5.41, 5.74) is 3.55. The van der Waals surface area contributed by atoms with Gasteiger partial charge in [-0.25, -0.2) is 0 Å². The predicted molar refractivity (Wildman–Crippen MR) is 152 cm³/mol. The lowest BCUT2D eigenvalue weighted by Gasteiger charge is -2.53. The van der Waals surface area contributed by atoms with Crippen molar-refractivity contribution >= 4 is 15.9 Å². The minimum Gasteiger partial charge on any atom is -0.359 e. The second-order valence-corrected chi connectivity index (χ2v) is 10.2. The minimum atomic E-state index is -0.800. The van der Waals surface area contributed by atoms with Gasteiger partial charge in [-0.1, -0.05) is 125 Å². The molecule has 3 atom stereocenters. The minimum absolute atomic E-state index is 0.0272. The van der Waals surface area contributed by atoms with Gasteiger partial charge < -0.3 is 4.74 Å². The maximum atomic E-state index is 10.1. The monoisotopic (exact) mass is 548 g/mol. The number of rotatable bonds is 9. The van der Waals surface area contributed by atoms with Crippen LogP contribution < -0.4 is 0 Å². The molecule has 1 heterocycles. The second-order valence-electron chi connectivity index (χ2n) is 9.29. The van der Waals surface area contributed by atoms with E-state index in [0.717, 1.165) is 26.7 Å². The van der Waals surface area contributed by atoms with E-state index in [2.05, 4.69) is 118 Å². The highest BCUT2D eigenvalue weighted by atomic mass is 79.9. The fourth-order valence-electron chi connectivity index (χ4n) is 5.55. The summed E-state index contributed by atoms with van der Waals surface area (Å²) in [7, 11) is 0. The molecule has 4 aromatic rings. The molecule has 0 N–H and O–H groups in total. The van der Waals surface area contributed by atoms with Crippen LogP contribution >= 0.6 is 15.9 Å². The molecule has 0 bridgehead atoms. The molecule has 4 heteroatoms. The van der Waals surface area contributed by atoms with Crippen LogP contribution in [-0.4, -0.2) is 30.1 Å². The van der Waals surface area contributed by atoms with Crippen LogP contribution in [-0.2, 0) is 10.3 Å². The highest BCUT2D eigenvalue weighted by Crippen LogP contribution is 2.45. The summed E-state index contributed by atoms with van der Waals surface area (Å²) in [6, 6.07) is 41.9. The van der Waals surface area contributed by atoms with Crippen molar-refractivity contribution in [2.75, 3.05) is 13.2 Å². The van der Waals surface area contributed by atoms with Gasteiger partial charge in [-0.2, -0.15) is 5.26 Å². The molecule has 0 amide bonds. The summed E-state index contributed by atoms with van der Waals surface area (Å²) < 4.78 is 8.17. The molecule has 5 rings (SSSR count). The van der Waals surface area contributed by atoms with E-state index in [-0.39, 0.29) is 18.0 Å². The van der Waals surface area contributed by atoms with Gasteiger partial charge in [0, 0.05) is 23.0 Å². The van der Waals surface area contributed by atoms with E-state index >= 15 is 0 Å². The Morgan fingerprint density at radius 2 is 1.30 bits per heavy atom. The molecule has 3 nitrogen and oxygen atoms in total. The number of hydrogen-bond acceptors (Lipinski definition) is 3. The van der Waals surface area contributed by atoms with Gasteiger partial charge in [-0.05, 0) is 34.4 Å². The lowest BCUT2D eigenvalue weighted by molar-refractivity contribution is -0.0750. The van der Waals surface area contributed by atoms with Gasteiger partial charge in [0.15, 0.2) is 0 Å². The zero-order chi connectivity index (χ0) is 25.7. The van der Waals surface area contributed by atoms with Gasteiger partial charge in [0.25, 0.3) is 0 Å². The van der Waals surface area contributed by atoms with Crippen molar-refractivity contribution in [2.24, 2.45) is 0 Å². The van der Waals surface area contributed by atoms with Crippen LogP contribution in [0.2, 0.25) is 0 Å². The van der Waals surface area contributed by atoms with Crippen LogP contribution in [0.3, 0.4) is 0 Å². The van der Waals surface area contributed by atoms with Crippen molar-refractivity contribution in [3.05, 3.63) is 155 Å². The number of likely N-dealkylation sites (tertiary alicyclic amines) is 1. The predicted octanol–water partition coefficient (Wildman–Crippen LogP) is 7.30. The Labute approximate surface area is 227 Å². The third-order valence-corrected chi connectivity index (χ3v) is 7.81. The van der Waals surface area contributed by atoms with Crippen molar-refractivity contribution in [2.45, 2.75) is 23.6 Å². The summed E-state index contributed by atoms with van der Waals surface area (Å²) in [4.78, 5) is 2.20. The summed E-state index contributed by atoms with van der Waals surface area (Å²) in [5, 5.41) is 10.1. The maximum Gasteiger partial charge on any atom is 0.143 e. The van der Waals surface area contributed by atoms with Gasteiger partial charge in [-0.3, -0.25) is 4.90 Å². The first-order chi connectivity index (χ1) is 18.2. The summed E-state index contributed by atoms with van der Waals surface area (Å²) >= 11 is 3.54. The van der Waals surface area contributed by atoms with Gasteiger partial charge in [0.1, 0.15) is 11.6 Å². The largest absolute Gasteiger partial charge is 0.359 e. The standard InChI is InChI=1S/C33H29BrN2O/c1-2-22-36-30(23-35)32(25-18-20-29(34)21-19-25)31(36)24-37-33(26-12-6-3-7-13-26,27-14-8-4-9-15-27)28-16-10-5-11-17-28/h2-21,30-32H,1,22,24H2/t30-,31+,32-/m0/s1. The van der Waals surface area contributed by atoms with E-state index in [0.29, 0.717) is 13.2 Å². The SMILES string of the molecule is C=CCN1[C@H](COC(c2ccccc2)(c2ccccc2)c2ccccc2)[C@@H](c2ccc(Br)cc2)[C@@H]1C#N. The van der Waals surface area contributed by atoms with Crippen molar-refractivity contribution in [1.82, 2.24) is 4.90 Å². The number of ether oxygens (including phenoxy) is 1. The summed E-state index contributed by atoms with van der Waals surface area (Å²) in [6.45, 7) is 5.03. The number of halogens is 1. The smallest absolute Gasteiger partial charge is 0.143 e. The normalized spacial score (nSPS) is 19.5. The van der Waals surface area contributed by atoms with Crippen LogP contribution in [0.25, 0.3) is 0 Å². The molecule has 4 aromatic carbocycles. The lowest BCUT2D eigenvalue weighted by atomic mass is 9.75. The highest BCUT2D eigenvalue weighted by molar-refractivity contribution is 9.10. The Balaban J connectivity index is 1.59. The molecule has 0 aliphatic carbocycles. The van der Waals surface area contributed by atoms with E-state index in [1.54, 1.807) is 0 Å². The van der Waals surface area contributed by atoms with Crippen molar-refractivity contribution in [1.29, 1.82) is 5.26 Å². The molecular weight excluding hydrogens is 520 g/mol. The average molecular weight is 550 g/mol. The molecule has 0 unspecified atom stereocenters. The number of nitriles is 1. The van der Waals surface area contributed by atoms with Crippen LogP contribution in [0.1, 0.15) is 28.2 Å². The molecule has 1 saturated heterocycles. The third-order valence-electron chi connectivity index (χ3n) is 7.28. The fraction of sp³-hybridized carbons (Fsp3) is 0.182. The molecule has 1 aliphatic heterocycles. The van der Waals surface area contributed by atoms with Gasteiger partial charge in [0.2, 0.25) is 0 Å². The topological polar surface area (TPSA) is 36.3 Å². The zero-order valence-corrected chi connectivity index (χ0v) is 22.2. The lowest BCUT2D eigenvalue weighted by Crippen LogP contribution is -2.63. The van der Waals surface area contributed by atoms with Crippen molar-refractivity contribution < 1.29 is 4.74 Å². The van der Waals surface area contributed by atoms with Crippen LogP contribution in [0, 0.1) is 11.3 Å². The average Bonchev–Trinajstić information content (AvgIpc) is 2.95. The number of nitrogens with zero attached hydrogens (tertiary/aromatic N) is 2. The Morgan fingerprint density at radius 3 is 1.73 bits per heavy atom. The molecule has 0 radical (unpaired) electrons. The van der Waals surface area contributed by atoms with E-state index in [1.165, 1.54) is 0 Å². The van der Waals surface area contributed by atoms with E-state index in [4.69, 9.17) is 4.74 Å². The first-order valence-corrected chi connectivity index (χ1v) is 13.3. The molecule has 0 spiro atoms. The zero-order valence-electron chi connectivity index (χ0n) is 20.6. The molecule has 0 aromatic heterocycles. The van der Waals surface area contributed by atoms with Gasteiger partial charge in [0.05, 0.1) is 12.7 Å². The van der Waals surface area contributed by atoms with Crippen molar-refractivity contribution in [3.63, 3.8) is 0 Å².